The van der Waals surface area contributed by atoms with Crippen LogP contribution in [0.2, 0.25) is 0 Å². The molecule has 29 heavy (non-hydrogen) atoms. The first kappa shape index (κ1) is 27.1. The van der Waals surface area contributed by atoms with Crippen molar-refractivity contribution in [1.82, 2.24) is 15.1 Å². The van der Waals surface area contributed by atoms with Crippen molar-refractivity contribution < 1.29 is 19.0 Å². The Morgan fingerprint density at radius 2 is 1.59 bits per heavy atom. The lowest BCUT2D eigenvalue weighted by Crippen LogP contribution is -2.45. The fraction of sp³-hybridized carbons (Fsp3) is 0.600. The van der Waals surface area contributed by atoms with E-state index in [4.69, 9.17) is 14.2 Å². The molecule has 0 saturated heterocycles. The number of carbonyl (C=O) groups excluding carboxylic acids is 1. The third-order valence-corrected chi connectivity index (χ3v) is 4.39. The lowest BCUT2D eigenvalue weighted by atomic mass is 10.1. The average molecular weight is 522 g/mol. The maximum atomic E-state index is 12.4. The van der Waals surface area contributed by atoms with E-state index >= 15 is 0 Å². The molecule has 0 bridgehead atoms. The van der Waals surface area contributed by atoms with Gasteiger partial charge in [0.05, 0.1) is 40.0 Å². The molecule has 1 rings (SSSR count). The summed E-state index contributed by atoms with van der Waals surface area (Å²) in [4.78, 5) is 20.7. The van der Waals surface area contributed by atoms with Crippen LogP contribution in [-0.2, 0) is 11.3 Å². The fourth-order valence-electron chi connectivity index (χ4n) is 2.81. The fourth-order valence-corrected chi connectivity index (χ4v) is 2.81. The van der Waals surface area contributed by atoms with Crippen molar-refractivity contribution in [1.29, 1.82) is 0 Å². The SMILES string of the molecule is CCNC(=NCc1c(OC)cc(OC)cc1OC)N(C)CC(=O)N(CC)CC.I. The Morgan fingerprint density at radius 3 is 2.00 bits per heavy atom. The number of hydrogen-bond donors (Lipinski definition) is 1. The average Bonchev–Trinajstić information content (AvgIpc) is 2.71. The van der Waals surface area contributed by atoms with Gasteiger partial charge in [-0.2, -0.15) is 0 Å². The first-order chi connectivity index (χ1) is 13.4. The lowest BCUT2D eigenvalue weighted by Gasteiger charge is -2.25. The largest absolute Gasteiger partial charge is 0.496 e. The maximum absolute atomic E-state index is 12.4. The molecular weight excluding hydrogens is 487 g/mol. The normalized spacial score (nSPS) is 10.7. The minimum absolute atomic E-state index is 0. The maximum Gasteiger partial charge on any atom is 0.242 e. The van der Waals surface area contributed by atoms with Gasteiger partial charge in [-0.25, -0.2) is 4.99 Å². The second kappa shape index (κ2) is 14.1. The zero-order valence-electron chi connectivity index (χ0n) is 18.6. The summed E-state index contributed by atoms with van der Waals surface area (Å²) in [6.45, 7) is 8.61. The quantitative estimate of drug-likeness (QED) is 0.289. The number of amides is 1. The Hall–Kier alpha value is -1.91. The van der Waals surface area contributed by atoms with Crippen LogP contribution in [0.15, 0.2) is 17.1 Å². The van der Waals surface area contributed by atoms with Gasteiger partial charge < -0.3 is 29.3 Å². The highest BCUT2D eigenvalue weighted by atomic mass is 127. The van der Waals surface area contributed by atoms with Crippen LogP contribution in [0, 0.1) is 0 Å². The highest BCUT2D eigenvalue weighted by molar-refractivity contribution is 14.0. The van der Waals surface area contributed by atoms with E-state index in [-0.39, 0.29) is 36.4 Å². The summed E-state index contributed by atoms with van der Waals surface area (Å²) in [5.41, 5.74) is 0.810. The molecule has 0 spiro atoms. The first-order valence-electron chi connectivity index (χ1n) is 9.51. The Labute approximate surface area is 191 Å². The third kappa shape index (κ3) is 7.79. The van der Waals surface area contributed by atoms with Crippen molar-refractivity contribution in [2.75, 3.05) is 54.6 Å². The van der Waals surface area contributed by atoms with Gasteiger partial charge in [0.25, 0.3) is 0 Å². The molecule has 166 valence electrons. The summed E-state index contributed by atoms with van der Waals surface area (Å²) >= 11 is 0. The summed E-state index contributed by atoms with van der Waals surface area (Å²) in [5.74, 6) is 2.63. The minimum Gasteiger partial charge on any atom is -0.496 e. The Kier molecular flexibility index (Phi) is 13.2. The molecule has 0 heterocycles. The summed E-state index contributed by atoms with van der Waals surface area (Å²) in [6, 6.07) is 3.60. The van der Waals surface area contributed by atoms with Gasteiger partial charge in [0.15, 0.2) is 5.96 Å². The Morgan fingerprint density at radius 1 is 1.03 bits per heavy atom. The van der Waals surface area contributed by atoms with E-state index in [9.17, 15) is 4.79 Å². The zero-order valence-corrected chi connectivity index (χ0v) is 20.9. The Bertz CT molecular complexity index is 641. The second-order valence-electron chi connectivity index (χ2n) is 6.10. The standard InChI is InChI=1S/C20H34N4O4.HI/c1-8-21-20(23(4)14-19(25)24(9-2)10-3)22-13-16-17(27-6)11-15(26-5)12-18(16)28-7;/h11-12H,8-10,13-14H2,1-7H3,(H,21,22);1H. The molecule has 0 saturated carbocycles. The van der Waals surface area contributed by atoms with Crippen LogP contribution >= 0.6 is 24.0 Å². The van der Waals surface area contributed by atoms with Crippen molar-refractivity contribution >= 4 is 35.8 Å². The van der Waals surface area contributed by atoms with Gasteiger partial charge in [-0.05, 0) is 20.8 Å². The van der Waals surface area contributed by atoms with Gasteiger partial charge >= 0.3 is 0 Å². The smallest absolute Gasteiger partial charge is 0.242 e. The summed E-state index contributed by atoms with van der Waals surface area (Å²) in [5, 5.41) is 3.23. The summed E-state index contributed by atoms with van der Waals surface area (Å²) < 4.78 is 16.3. The van der Waals surface area contributed by atoms with Gasteiger partial charge in [0, 0.05) is 38.8 Å². The molecule has 8 nitrogen and oxygen atoms in total. The van der Waals surface area contributed by atoms with E-state index in [0.29, 0.717) is 49.4 Å². The molecule has 1 aromatic carbocycles. The van der Waals surface area contributed by atoms with Crippen molar-refractivity contribution in [2.24, 2.45) is 4.99 Å². The predicted octanol–water partition coefficient (Wildman–Crippen LogP) is 2.60. The van der Waals surface area contributed by atoms with E-state index in [2.05, 4.69) is 10.3 Å². The van der Waals surface area contributed by atoms with Crippen LogP contribution in [0.3, 0.4) is 0 Å². The van der Waals surface area contributed by atoms with Crippen molar-refractivity contribution in [3.63, 3.8) is 0 Å². The molecule has 1 aromatic rings. The van der Waals surface area contributed by atoms with Gasteiger partial charge in [-0.15, -0.1) is 24.0 Å². The zero-order chi connectivity index (χ0) is 21.1. The van der Waals surface area contributed by atoms with Crippen LogP contribution in [-0.4, -0.2) is 76.2 Å². The summed E-state index contributed by atoms with van der Waals surface area (Å²) in [6.07, 6.45) is 0. The van der Waals surface area contributed by atoms with Crippen LogP contribution in [0.25, 0.3) is 0 Å². The molecule has 0 radical (unpaired) electrons. The highest BCUT2D eigenvalue weighted by Crippen LogP contribution is 2.34. The molecule has 0 aliphatic heterocycles. The number of ether oxygens (including phenoxy) is 3. The van der Waals surface area contributed by atoms with E-state index in [0.717, 1.165) is 5.56 Å². The first-order valence-corrected chi connectivity index (χ1v) is 9.51. The van der Waals surface area contributed by atoms with Gasteiger partial charge in [0.1, 0.15) is 17.2 Å². The lowest BCUT2D eigenvalue weighted by molar-refractivity contribution is -0.131. The molecule has 0 fully saturated rings. The van der Waals surface area contributed by atoms with Crippen molar-refractivity contribution in [3.05, 3.63) is 17.7 Å². The van der Waals surface area contributed by atoms with Crippen LogP contribution in [0.5, 0.6) is 17.2 Å². The molecule has 1 N–H and O–H groups in total. The number of hydrogen-bond acceptors (Lipinski definition) is 5. The molecule has 0 aliphatic rings. The predicted molar refractivity (Wildman–Crippen MR) is 127 cm³/mol. The number of likely N-dealkylation sites (N-methyl/N-ethyl adjacent to an activating group) is 2. The number of halogens is 1. The minimum atomic E-state index is 0. The van der Waals surface area contributed by atoms with E-state index in [1.54, 1.807) is 38.4 Å². The third-order valence-electron chi connectivity index (χ3n) is 4.39. The van der Waals surface area contributed by atoms with Crippen LogP contribution in [0.1, 0.15) is 26.3 Å². The molecule has 1 amide bonds. The topological polar surface area (TPSA) is 75.6 Å². The van der Waals surface area contributed by atoms with Crippen molar-refractivity contribution in [2.45, 2.75) is 27.3 Å². The number of methoxy groups -OCH3 is 3. The van der Waals surface area contributed by atoms with Gasteiger partial charge in [-0.1, -0.05) is 0 Å². The highest BCUT2D eigenvalue weighted by Gasteiger charge is 2.17. The summed E-state index contributed by atoms with van der Waals surface area (Å²) in [7, 11) is 6.64. The van der Waals surface area contributed by atoms with E-state index < -0.39 is 0 Å². The molecule has 0 atom stereocenters. The number of guanidine groups is 1. The van der Waals surface area contributed by atoms with Crippen molar-refractivity contribution in [3.8, 4) is 17.2 Å². The number of benzene rings is 1. The number of carbonyl (C=O) groups is 1. The van der Waals surface area contributed by atoms with Gasteiger partial charge in [-0.3, -0.25) is 4.79 Å². The number of nitrogens with zero attached hydrogens (tertiary/aromatic N) is 3. The second-order valence-corrected chi connectivity index (χ2v) is 6.10. The van der Waals surface area contributed by atoms with Crippen LogP contribution < -0.4 is 19.5 Å². The van der Waals surface area contributed by atoms with E-state index in [1.807, 2.05) is 32.7 Å². The molecule has 0 aromatic heterocycles. The number of rotatable bonds is 10. The molecule has 0 unspecified atom stereocenters. The van der Waals surface area contributed by atoms with Gasteiger partial charge in [0.2, 0.25) is 5.91 Å². The molecular formula is C20H35IN4O4. The van der Waals surface area contributed by atoms with E-state index in [1.165, 1.54) is 0 Å². The number of nitrogens with one attached hydrogen (secondary N) is 1. The Balaban J connectivity index is 0.00000784. The van der Waals surface area contributed by atoms with Crippen LogP contribution in [0.4, 0.5) is 0 Å². The molecule has 0 aliphatic carbocycles. The number of aliphatic imine (C=N–C) groups is 1. The monoisotopic (exact) mass is 522 g/mol. The molecule has 9 heteroatoms.